The number of nitrogens with zero attached hydrogens (tertiary/aromatic N) is 2. The Kier molecular flexibility index (Phi) is 3.33. The number of carbonyl (C=O) groups excluding carboxylic acids is 1. The van der Waals surface area contributed by atoms with Gasteiger partial charge in [0.2, 0.25) is 6.79 Å². The molecule has 2 aliphatic heterocycles. The second kappa shape index (κ2) is 5.40. The number of ketones is 1. The molecule has 124 valence electrons. The average Bonchev–Trinajstić information content (AvgIpc) is 3.14. The highest BCUT2D eigenvalue weighted by Gasteiger charge is 2.28. The number of aromatic nitrogens is 2. The minimum atomic E-state index is -0.0439. The Labute approximate surface area is 139 Å². The van der Waals surface area contributed by atoms with Gasteiger partial charge in [0.1, 0.15) is 12.4 Å². The molecule has 24 heavy (non-hydrogen) atoms. The van der Waals surface area contributed by atoms with Crippen LogP contribution in [0, 0.1) is 13.8 Å². The molecule has 6 nitrogen and oxygen atoms in total. The smallest absolute Gasteiger partial charge is 0.231 e. The zero-order valence-corrected chi connectivity index (χ0v) is 13.9. The van der Waals surface area contributed by atoms with E-state index in [0.717, 1.165) is 23.5 Å². The number of rotatable bonds is 2. The molecule has 0 bridgehead atoms. The van der Waals surface area contributed by atoms with Gasteiger partial charge in [-0.2, -0.15) is 5.10 Å². The van der Waals surface area contributed by atoms with Crippen LogP contribution in [0.5, 0.6) is 17.2 Å². The van der Waals surface area contributed by atoms with E-state index in [1.54, 1.807) is 12.1 Å². The summed E-state index contributed by atoms with van der Waals surface area (Å²) in [5.74, 6) is 1.69. The largest absolute Gasteiger partial charge is 0.488 e. The van der Waals surface area contributed by atoms with Crippen molar-refractivity contribution in [2.75, 3.05) is 13.4 Å². The van der Waals surface area contributed by atoms with Crippen molar-refractivity contribution in [3.05, 3.63) is 40.2 Å². The van der Waals surface area contributed by atoms with Crippen molar-refractivity contribution in [3.63, 3.8) is 0 Å². The molecule has 0 N–H and O–H groups in total. The van der Waals surface area contributed by atoms with E-state index in [9.17, 15) is 4.79 Å². The second-order valence-electron chi connectivity index (χ2n) is 5.89. The monoisotopic (exact) mass is 326 g/mol. The lowest BCUT2D eigenvalue weighted by Gasteiger charge is -2.19. The van der Waals surface area contributed by atoms with Crippen molar-refractivity contribution in [1.29, 1.82) is 0 Å². The summed E-state index contributed by atoms with van der Waals surface area (Å²) in [6.45, 7) is 7.21. The third-order valence-electron chi connectivity index (χ3n) is 4.45. The Morgan fingerprint density at radius 2 is 1.92 bits per heavy atom. The van der Waals surface area contributed by atoms with Crippen LogP contribution in [0.1, 0.15) is 34.2 Å². The van der Waals surface area contributed by atoms with Crippen LogP contribution < -0.4 is 14.2 Å². The van der Waals surface area contributed by atoms with E-state index >= 15 is 0 Å². The van der Waals surface area contributed by atoms with Gasteiger partial charge in [-0.15, -0.1) is 0 Å². The summed E-state index contributed by atoms with van der Waals surface area (Å²) in [7, 11) is 0. The number of Topliss-reactive ketones (excluding diaryl/α,β-unsaturated/α-hetero) is 1. The second-order valence-corrected chi connectivity index (χ2v) is 5.89. The van der Waals surface area contributed by atoms with Gasteiger partial charge in [-0.1, -0.05) is 0 Å². The Balaban J connectivity index is 1.74. The number of aryl methyl sites for hydroxylation is 2. The zero-order chi connectivity index (χ0) is 16.8. The first-order valence-electron chi connectivity index (χ1n) is 7.94. The van der Waals surface area contributed by atoms with Gasteiger partial charge < -0.3 is 14.2 Å². The average molecular weight is 326 g/mol. The van der Waals surface area contributed by atoms with Crippen molar-refractivity contribution in [2.24, 2.45) is 0 Å². The van der Waals surface area contributed by atoms with Gasteiger partial charge >= 0.3 is 0 Å². The number of hydrogen-bond acceptors (Lipinski definition) is 5. The molecule has 3 heterocycles. The maximum atomic E-state index is 12.8. The van der Waals surface area contributed by atoms with Crippen molar-refractivity contribution >= 4 is 11.9 Å². The molecule has 2 aromatic rings. The molecule has 0 atom stereocenters. The molecule has 0 fully saturated rings. The molecule has 0 aliphatic carbocycles. The van der Waals surface area contributed by atoms with Crippen molar-refractivity contribution in [2.45, 2.75) is 27.3 Å². The SMILES string of the molecule is CCn1nc(C)c(/C=C2\COc3cc4c(cc3C2=O)OCO4)c1C. The number of ether oxygens (including phenoxy) is 3. The maximum absolute atomic E-state index is 12.8. The third-order valence-corrected chi connectivity index (χ3v) is 4.45. The molecule has 2 aliphatic rings. The van der Waals surface area contributed by atoms with Crippen LogP contribution in [-0.4, -0.2) is 29.0 Å². The van der Waals surface area contributed by atoms with Crippen molar-refractivity contribution < 1.29 is 19.0 Å². The molecule has 0 spiro atoms. The summed E-state index contributed by atoms with van der Waals surface area (Å²) >= 11 is 0. The molecule has 4 rings (SSSR count). The fourth-order valence-electron chi connectivity index (χ4n) is 3.12. The van der Waals surface area contributed by atoms with Crippen LogP contribution in [0.4, 0.5) is 0 Å². The zero-order valence-electron chi connectivity index (χ0n) is 13.9. The summed E-state index contributed by atoms with van der Waals surface area (Å²) in [4.78, 5) is 12.8. The maximum Gasteiger partial charge on any atom is 0.231 e. The Hall–Kier alpha value is -2.76. The predicted molar refractivity (Wildman–Crippen MR) is 87.7 cm³/mol. The van der Waals surface area contributed by atoms with Gasteiger partial charge in [-0.3, -0.25) is 9.48 Å². The third kappa shape index (κ3) is 2.18. The van der Waals surface area contributed by atoms with Crippen molar-refractivity contribution in [3.8, 4) is 17.2 Å². The van der Waals surface area contributed by atoms with Gasteiger partial charge in [0.15, 0.2) is 17.3 Å². The first-order valence-corrected chi connectivity index (χ1v) is 7.94. The van der Waals surface area contributed by atoms with Crippen LogP contribution in [-0.2, 0) is 6.54 Å². The van der Waals surface area contributed by atoms with E-state index in [4.69, 9.17) is 14.2 Å². The van der Waals surface area contributed by atoms with Crippen LogP contribution in [0.2, 0.25) is 0 Å². The van der Waals surface area contributed by atoms with Crippen molar-refractivity contribution in [1.82, 2.24) is 9.78 Å². The molecule has 6 heteroatoms. The highest BCUT2D eigenvalue weighted by Crippen LogP contribution is 2.40. The Bertz CT molecular complexity index is 880. The lowest BCUT2D eigenvalue weighted by atomic mass is 9.97. The molecule has 0 unspecified atom stereocenters. The summed E-state index contributed by atoms with van der Waals surface area (Å²) in [6.07, 6.45) is 1.89. The fourth-order valence-corrected chi connectivity index (χ4v) is 3.12. The molecule has 1 aromatic carbocycles. The van der Waals surface area contributed by atoms with E-state index in [0.29, 0.717) is 28.4 Å². The first-order chi connectivity index (χ1) is 11.6. The Morgan fingerprint density at radius 1 is 1.17 bits per heavy atom. The molecular weight excluding hydrogens is 308 g/mol. The molecule has 1 aromatic heterocycles. The topological polar surface area (TPSA) is 62.6 Å². The predicted octanol–water partition coefficient (Wildman–Crippen LogP) is 2.91. The van der Waals surface area contributed by atoms with E-state index in [2.05, 4.69) is 5.10 Å². The Morgan fingerprint density at radius 3 is 2.62 bits per heavy atom. The van der Waals surface area contributed by atoms with Crippen LogP contribution >= 0.6 is 0 Å². The van der Waals surface area contributed by atoms with E-state index in [-0.39, 0.29) is 19.2 Å². The van der Waals surface area contributed by atoms with Gasteiger partial charge in [0.25, 0.3) is 0 Å². The summed E-state index contributed by atoms with van der Waals surface area (Å²) in [5.41, 5.74) is 4.06. The standard InChI is InChI=1S/C18H18N2O4/c1-4-20-11(3)13(10(2)19-20)5-12-8-22-15-7-17-16(23-9-24-17)6-14(15)18(12)21/h5-7H,4,8-9H2,1-3H3/b12-5+. The molecule has 0 amide bonds. The van der Waals surface area contributed by atoms with Crippen LogP contribution in [0.15, 0.2) is 17.7 Å². The quantitative estimate of drug-likeness (QED) is 0.794. The van der Waals surface area contributed by atoms with E-state index < -0.39 is 0 Å². The summed E-state index contributed by atoms with van der Waals surface area (Å²) < 4.78 is 18.4. The molecular formula is C18H18N2O4. The van der Waals surface area contributed by atoms with Gasteiger partial charge in [-0.25, -0.2) is 0 Å². The fraction of sp³-hybridized carbons (Fsp3) is 0.333. The molecule has 0 saturated heterocycles. The van der Waals surface area contributed by atoms with Gasteiger partial charge in [-0.05, 0) is 32.9 Å². The molecule has 0 saturated carbocycles. The minimum absolute atomic E-state index is 0.0439. The highest BCUT2D eigenvalue weighted by molar-refractivity contribution is 6.14. The van der Waals surface area contributed by atoms with Crippen LogP contribution in [0.3, 0.4) is 0 Å². The lowest BCUT2D eigenvalue weighted by molar-refractivity contribution is 0.100. The van der Waals surface area contributed by atoms with Crippen LogP contribution in [0.25, 0.3) is 6.08 Å². The minimum Gasteiger partial charge on any atom is -0.488 e. The summed E-state index contributed by atoms with van der Waals surface area (Å²) in [6, 6.07) is 3.42. The van der Waals surface area contributed by atoms with Gasteiger partial charge in [0, 0.05) is 29.4 Å². The van der Waals surface area contributed by atoms with E-state index in [1.807, 2.05) is 31.5 Å². The number of benzene rings is 1. The number of carbonyl (C=O) groups is 1. The number of hydrogen-bond donors (Lipinski definition) is 0. The summed E-state index contributed by atoms with van der Waals surface area (Å²) in [5, 5.41) is 4.49. The normalized spacial score (nSPS) is 17.1. The molecule has 0 radical (unpaired) electrons. The first kappa shape index (κ1) is 14.8. The van der Waals surface area contributed by atoms with Gasteiger partial charge in [0.05, 0.1) is 11.3 Å². The highest BCUT2D eigenvalue weighted by atomic mass is 16.7. The number of fused-ring (bicyclic) bond motifs is 2. The lowest BCUT2D eigenvalue weighted by Crippen LogP contribution is -2.19. The van der Waals surface area contributed by atoms with E-state index in [1.165, 1.54) is 0 Å².